The Bertz CT molecular complexity index is 1170. The van der Waals surface area contributed by atoms with Crippen LogP contribution in [-0.4, -0.2) is 32.1 Å². The zero-order chi connectivity index (χ0) is 21.7. The summed E-state index contributed by atoms with van der Waals surface area (Å²) in [5.74, 6) is -1.85. The van der Waals surface area contributed by atoms with Gasteiger partial charge in [-0.1, -0.05) is 42.5 Å². The van der Waals surface area contributed by atoms with E-state index in [1.807, 2.05) is 0 Å². The molecule has 0 aliphatic rings. The molecule has 3 aromatic rings. The van der Waals surface area contributed by atoms with Crippen molar-refractivity contribution in [1.29, 1.82) is 0 Å². The number of alkyl halides is 1. The molecule has 0 saturated heterocycles. The summed E-state index contributed by atoms with van der Waals surface area (Å²) >= 11 is 0. The molecule has 30 heavy (non-hydrogen) atoms. The molecule has 0 unspecified atom stereocenters. The standard InChI is InChI=1S/C22H18FNO5S/c23-14-21(25)24-18-9-5-15(6-10-18)16-7-11-19(12-8-16)30(28,29)20-4-2-1-3-17(20)13-22(26)27/h1-12H,13-14H2,(H,24,25)(H,26,27)/i23-1. The molecular formula is C22H18FNO5S. The lowest BCUT2D eigenvalue weighted by molar-refractivity contribution is -0.136. The zero-order valence-electron chi connectivity index (χ0n) is 15.7. The molecule has 6 nitrogen and oxygen atoms in total. The number of carbonyl (C=O) groups excluding carboxylic acids is 1. The molecule has 0 fully saturated rings. The average molecular weight is 426 g/mol. The second-order valence-electron chi connectivity index (χ2n) is 6.47. The van der Waals surface area contributed by atoms with E-state index in [-0.39, 0.29) is 15.4 Å². The first-order chi connectivity index (χ1) is 14.3. The van der Waals surface area contributed by atoms with Crippen LogP contribution in [-0.2, 0) is 25.8 Å². The third kappa shape index (κ3) is 4.72. The maximum Gasteiger partial charge on any atom is 0.307 e. The van der Waals surface area contributed by atoms with Crippen LogP contribution in [0, 0.1) is 0 Å². The van der Waals surface area contributed by atoms with Crippen LogP contribution < -0.4 is 5.32 Å². The number of anilines is 1. The van der Waals surface area contributed by atoms with Gasteiger partial charge in [0.25, 0.3) is 5.91 Å². The SMILES string of the molecule is O=C(O)Cc1ccccc1S(=O)(=O)c1ccc(-c2ccc(NC(=O)C[18F])cc2)cc1. The maximum absolute atomic E-state index is 13.0. The van der Waals surface area contributed by atoms with Gasteiger partial charge in [0.1, 0.15) is 0 Å². The van der Waals surface area contributed by atoms with Crippen LogP contribution >= 0.6 is 0 Å². The smallest absolute Gasteiger partial charge is 0.307 e. The van der Waals surface area contributed by atoms with Gasteiger partial charge in [-0.3, -0.25) is 9.59 Å². The van der Waals surface area contributed by atoms with E-state index in [2.05, 4.69) is 5.32 Å². The van der Waals surface area contributed by atoms with Gasteiger partial charge < -0.3 is 10.4 Å². The summed E-state index contributed by atoms with van der Waals surface area (Å²) < 4.78 is 38.3. The quantitative estimate of drug-likeness (QED) is 0.600. The Kier molecular flexibility index (Phi) is 6.27. The van der Waals surface area contributed by atoms with Gasteiger partial charge in [-0.25, -0.2) is 12.8 Å². The van der Waals surface area contributed by atoms with Crippen LogP contribution in [0.15, 0.2) is 82.6 Å². The maximum atomic E-state index is 13.0. The van der Waals surface area contributed by atoms with Crippen LogP contribution in [0.1, 0.15) is 5.56 Å². The lowest BCUT2D eigenvalue weighted by Crippen LogP contribution is -2.12. The number of hydrogen-bond donors (Lipinski definition) is 2. The predicted molar refractivity (Wildman–Crippen MR) is 110 cm³/mol. The molecule has 0 radical (unpaired) electrons. The van der Waals surface area contributed by atoms with Gasteiger partial charge >= 0.3 is 5.97 Å². The van der Waals surface area contributed by atoms with Crippen molar-refractivity contribution in [3.8, 4) is 11.1 Å². The molecule has 0 aromatic heterocycles. The summed E-state index contributed by atoms with van der Waals surface area (Å²) in [6, 6.07) is 18.9. The second kappa shape index (κ2) is 8.87. The van der Waals surface area contributed by atoms with E-state index in [9.17, 15) is 22.4 Å². The van der Waals surface area contributed by atoms with Crippen molar-refractivity contribution >= 4 is 27.4 Å². The zero-order valence-corrected chi connectivity index (χ0v) is 16.5. The highest BCUT2D eigenvalue weighted by atomic mass is 32.2. The Labute approximate surface area is 172 Å². The summed E-state index contributed by atoms with van der Waals surface area (Å²) in [6.45, 7) is -1.10. The van der Waals surface area contributed by atoms with Crippen molar-refractivity contribution in [1.82, 2.24) is 0 Å². The van der Waals surface area contributed by atoms with Crippen LogP contribution in [0.2, 0.25) is 0 Å². The largest absolute Gasteiger partial charge is 0.481 e. The van der Waals surface area contributed by atoms with Gasteiger partial charge in [0.2, 0.25) is 9.84 Å². The molecule has 1 amide bonds. The minimum absolute atomic E-state index is 0.0342. The van der Waals surface area contributed by atoms with E-state index >= 15 is 0 Å². The second-order valence-corrected chi connectivity index (χ2v) is 8.38. The van der Waals surface area contributed by atoms with Crippen LogP contribution in [0.5, 0.6) is 0 Å². The number of sulfone groups is 1. The molecule has 3 aromatic carbocycles. The van der Waals surface area contributed by atoms with Gasteiger partial charge in [0.05, 0.1) is 16.2 Å². The van der Waals surface area contributed by atoms with Gasteiger partial charge in [0.15, 0.2) is 6.67 Å². The van der Waals surface area contributed by atoms with E-state index in [0.717, 1.165) is 11.1 Å². The predicted octanol–water partition coefficient (Wildman–Crippen LogP) is 3.72. The Morgan fingerprint density at radius 2 is 1.43 bits per heavy atom. The summed E-state index contributed by atoms with van der Waals surface area (Å²) in [7, 11) is -3.88. The molecule has 154 valence electrons. The van der Waals surface area contributed by atoms with Gasteiger partial charge in [0, 0.05) is 5.69 Å². The third-order valence-corrected chi connectivity index (χ3v) is 6.26. The first-order valence-corrected chi connectivity index (χ1v) is 10.4. The van der Waals surface area contributed by atoms with Crippen molar-refractivity contribution in [2.45, 2.75) is 16.2 Å². The Balaban J connectivity index is 1.87. The monoisotopic (exact) mass is 426 g/mol. The van der Waals surface area contributed by atoms with E-state index in [4.69, 9.17) is 5.11 Å². The highest BCUT2D eigenvalue weighted by molar-refractivity contribution is 7.91. The number of rotatable bonds is 7. The van der Waals surface area contributed by atoms with Crippen molar-refractivity contribution in [3.05, 3.63) is 78.4 Å². The molecule has 0 bridgehead atoms. The molecule has 8 heteroatoms. The summed E-state index contributed by atoms with van der Waals surface area (Å²) in [6.07, 6.45) is -0.390. The number of hydrogen-bond acceptors (Lipinski definition) is 4. The number of amides is 1. The molecule has 0 saturated carbocycles. The molecule has 2 N–H and O–H groups in total. The number of carboxylic acids is 1. The van der Waals surface area contributed by atoms with Crippen molar-refractivity contribution < 1.29 is 27.5 Å². The summed E-state index contributed by atoms with van der Waals surface area (Å²) in [5.41, 5.74) is 2.20. The number of halogens is 1. The van der Waals surface area contributed by atoms with Crippen LogP contribution in [0.4, 0.5) is 10.1 Å². The summed E-state index contributed by atoms with van der Waals surface area (Å²) in [5, 5.41) is 11.4. The number of carboxylic acid groups (broad SMARTS) is 1. The molecule has 0 spiro atoms. The van der Waals surface area contributed by atoms with Crippen LogP contribution in [0.25, 0.3) is 11.1 Å². The van der Waals surface area contributed by atoms with E-state index in [0.29, 0.717) is 5.69 Å². The van der Waals surface area contributed by atoms with E-state index in [1.54, 1.807) is 48.5 Å². The molecular weight excluding hydrogens is 408 g/mol. The fraction of sp³-hybridized carbons (Fsp3) is 0.0909. The number of benzene rings is 3. The fourth-order valence-corrected chi connectivity index (χ4v) is 4.46. The van der Waals surface area contributed by atoms with Gasteiger partial charge in [-0.05, 0) is 47.0 Å². The number of nitrogens with one attached hydrogen (secondary N) is 1. The fourth-order valence-electron chi connectivity index (χ4n) is 2.97. The average Bonchev–Trinajstić information content (AvgIpc) is 2.74. The van der Waals surface area contributed by atoms with Crippen LogP contribution in [0.3, 0.4) is 0 Å². The third-order valence-electron chi connectivity index (χ3n) is 4.39. The Morgan fingerprint density at radius 1 is 0.867 bits per heavy atom. The Morgan fingerprint density at radius 3 is 2.00 bits per heavy atom. The lowest BCUT2D eigenvalue weighted by Gasteiger charge is -2.10. The molecule has 0 aliphatic carbocycles. The summed E-state index contributed by atoms with van der Waals surface area (Å²) in [4.78, 5) is 22.2. The van der Waals surface area contributed by atoms with Gasteiger partial charge in [-0.2, -0.15) is 0 Å². The topological polar surface area (TPSA) is 101 Å². The molecule has 0 heterocycles. The minimum atomic E-state index is -3.88. The molecule has 3 rings (SSSR count). The van der Waals surface area contributed by atoms with Crippen molar-refractivity contribution in [3.63, 3.8) is 0 Å². The minimum Gasteiger partial charge on any atom is -0.481 e. The normalized spacial score (nSPS) is 11.1. The van der Waals surface area contributed by atoms with E-state index < -0.39 is 34.8 Å². The highest BCUT2D eigenvalue weighted by Gasteiger charge is 2.22. The Hall–Kier alpha value is -3.52. The van der Waals surface area contributed by atoms with Crippen molar-refractivity contribution in [2.75, 3.05) is 12.0 Å². The lowest BCUT2D eigenvalue weighted by atomic mass is 10.1. The number of aliphatic carboxylic acids is 1. The first-order valence-electron chi connectivity index (χ1n) is 8.92. The van der Waals surface area contributed by atoms with Gasteiger partial charge in [-0.15, -0.1) is 0 Å². The highest BCUT2D eigenvalue weighted by Crippen LogP contribution is 2.28. The molecule has 0 aliphatic heterocycles. The number of carbonyl (C=O) groups is 2. The molecule has 0 atom stereocenters. The first kappa shape index (κ1) is 21.2. The van der Waals surface area contributed by atoms with Crippen molar-refractivity contribution in [2.24, 2.45) is 0 Å². The van der Waals surface area contributed by atoms with E-state index in [1.165, 1.54) is 24.3 Å².